The summed E-state index contributed by atoms with van der Waals surface area (Å²) in [5.74, 6) is -2.34. The SMILES string of the molecule is CCCCC(C(N)=O)C(CC1CC1)C(=O)NC1CN(c2ccccc2)c2ccccc2N(Cc2cccc(-c3ccc(F)c(Cl)c3)c2)C1=O. The van der Waals surface area contributed by atoms with Gasteiger partial charge in [0.15, 0.2) is 0 Å². The molecule has 0 saturated heterocycles. The van der Waals surface area contributed by atoms with Crippen molar-refractivity contribution in [2.75, 3.05) is 16.3 Å². The normalized spacial score (nSPS) is 17.2. The maximum Gasteiger partial charge on any atom is 0.251 e. The summed E-state index contributed by atoms with van der Waals surface area (Å²) in [6.07, 6.45) is 4.85. The van der Waals surface area contributed by atoms with Crippen LogP contribution in [0.25, 0.3) is 11.1 Å². The molecule has 0 spiro atoms. The molecule has 0 bridgehead atoms. The van der Waals surface area contributed by atoms with E-state index in [9.17, 15) is 18.8 Å². The number of carbonyl (C=O) groups excluding carboxylic acids is 3. The third kappa shape index (κ3) is 7.97. The van der Waals surface area contributed by atoms with Gasteiger partial charge in [-0.3, -0.25) is 14.4 Å². The Labute approximate surface area is 292 Å². The molecule has 0 radical (unpaired) electrons. The number of halogens is 2. The second-order valence-electron chi connectivity index (χ2n) is 13.2. The predicted molar refractivity (Wildman–Crippen MR) is 193 cm³/mol. The molecule has 1 aliphatic carbocycles. The average Bonchev–Trinajstić information content (AvgIpc) is 3.95. The Balaban J connectivity index is 1.37. The third-order valence-corrected chi connectivity index (χ3v) is 9.93. The van der Waals surface area contributed by atoms with Crippen LogP contribution in [-0.2, 0) is 20.9 Å². The number of nitrogens with zero attached hydrogens (tertiary/aromatic N) is 2. The molecule has 49 heavy (non-hydrogen) atoms. The summed E-state index contributed by atoms with van der Waals surface area (Å²) < 4.78 is 13.9. The Bertz CT molecular complexity index is 1810. The zero-order valence-electron chi connectivity index (χ0n) is 27.7. The molecule has 3 N–H and O–H groups in total. The number of amides is 3. The van der Waals surface area contributed by atoms with Crippen molar-refractivity contribution in [3.05, 3.63) is 113 Å². The summed E-state index contributed by atoms with van der Waals surface area (Å²) in [7, 11) is 0. The highest BCUT2D eigenvalue weighted by atomic mass is 35.5. The van der Waals surface area contributed by atoms with E-state index in [2.05, 4.69) is 10.2 Å². The van der Waals surface area contributed by atoms with Gasteiger partial charge in [0.1, 0.15) is 11.9 Å². The molecule has 9 heteroatoms. The standard InChI is InChI=1S/C40H42ClFN4O3/c1-2-3-14-31(38(43)47)32(22-26-17-18-26)39(48)44-35-25-45(30-12-5-4-6-13-30)36-15-7-8-16-37(36)46(40(35)49)24-27-10-9-11-28(21-27)29-19-20-34(42)33(41)23-29/h4-13,15-16,19-21,23,26,31-32,35H,2-3,14,17-18,22,24-25H2,1H3,(H2,43,47)(H,44,48). The summed E-state index contributed by atoms with van der Waals surface area (Å²) in [4.78, 5) is 45.4. The smallest absolute Gasteiger partial charge is 0.251 e. The van der Waals surface area contributed by atoms with Gasteiger partial charge in [-0.2, -0.15) is 0 Å². The van der Waals surface area contributed by atoms with Crippen molar-refractivity contribution in [3.8, 4) is 11.1 Å². The van der Waals surface area contributed by atoms with Crippen molar-refractivity contribution in [2.24, 2.45) is 23.5 Å². The minimum absolute atomic E-state index is 0.0346. The highest BCUT2D eigenvalue weighted by Crippen LogP contribution is 2.40. The van der Waals surface area contributed by atoms with Crippen LogP contribution in [0.15, 0.2) is 97.1 Å². The molecule has 2 aliphatic rings. The fraction of sp³-hybridized carbons (Fsp3) is 0.325. The van der Waals surface area contributed by atoms with Crippen LogP contribution in [0, 0.1) is 23.6 Å². The lowest BCUT2D eigenvalue weighted by Gasteiger charge is -2.29. The van der Waals surface area contributed by atoms with E-state index in [-0.39, 0.29) is 29.9 Å². The summed E-state index contributed by atoms with van der Waals surface area (Å²) in [5.41, 5.74) is 10.7. The van der Waals surface area contributed by atoms with E-state index >= 15 is 0 Å². The molecular weight excluding hydrogens is 639 g/mol. The van der Waals surface area contributed by atoms with Gasteiger partial charge in [-0.15, -0.1) is 0 Å². The maximum absolute atomic E-state index is 14.7. The van der Waals surface area contributed by atoms with Crippen molar-refractivity contribution in [1.29, 1.82) is 0 Å². The molecule has 6 rings (SSSR count). The van der Waals surface area contributed by atoms with Crippen LogP contribution < -0.4 is 20.9 Å². The molecule has 3 atom stereocenters. The van der Waals surface area contributed by atoms with Gasteiger partial charge in [0, 0.05) is 17.5 Å². The molecule has 3 amide bonds. The number of primary amides is 1. The molecule has 0 aromatic heterocycles. The lowest BCUT2D eigenvalue weighted by atomic mass is 9.82. The number of nitrogens with two attached hydrogens (primary N) is 1. The average molecular weight is 681 g/mol. The molecule has 254 valence electrons. The molecule has 1 saturated carbocycles. The van der Waals surface area contributed by atoms with Crippen LogP contribution in [0.3, 0.4) is 0 Å². The van der Waals surface area contributed by atoms with Gasteiger partial charge < -0.3 is 20.9 Å². The Hall–Kier alpha value is -4.69. The maximum atomic E-state index is 14.7. The van der Waals surface area contributed by atoms with E-state index in [0.717, 1.165) is 53.7 Å². The third-order valence-electron chi connectivity index (χ3n) is 9.64. The molecule has 1 heterocycles. The van der Waals surface area contributed by atoms with Crippen LogP contribution in [0.5, 0.6) is 0 Å². The fourth-order valence-electron chi connectivity index (χ4n) is 6.83. The minimum Gasteiger partial charge on any atom is -0.369 e. The largest absolute Gasteiger partial charge is 0.369 e. The Morgan fingerprint density at radius 1 is 0.918 bits per heavy atom. The molecule has 1 fully saturated rings. The van der Waals surface area contributed by atoms with Gasteiger partial charge in [0.05, 0.1) is 29.5 Å². The first-order valence-electron chi connectivity index (χ1n) is 17.1. The van der Waals surface area contributed by atoms with E-state index < -0.39 is 29.6 Å². The molecule has 3 unspecified atom stereocenters. The second kappa shape index (κ2) is 15.2. The number of hydrogen-bond acceptors (Lipinski definition) is 4. The monoisotopic (exact) mass is 680 g/mol. The van der Waals surface area contributed by atoms with Crippen molar-refractivity contribution < 1.29 is 18.8 Å². The summed E-state index contributed by atoms with van der Waals surface area (Å²) >= 11 is 6.10. The van der Waals surface area contributed by atoms with Crippen molar-refractivity contribution in [2.45, 2.75) is 58.0 Å². The molecule has 1 aliphatic heterocycles. The van der Waals surface area contributed by atoms with Crippen LogP contribution in [0.2, 0.25) is 5.02 Å². The topological polar surface area (TPSA) is 95.7 Å². The van der Waals surface area contributed by atoms with Gasteiger partial charge in [0.2, 0.25) is 11.8 Å². The van der Waals surface area contributed by atoms with Crippen LogP contribution in [0.4, 0.5) is 21.5 Å². The van der Waals surface area contributed by atoms with E-state index in [1.165, 1.54) is 6.07 Å². The number of nitrogens with one attached hydrogen (secondary N) is 1. The summed E-state index contributed by atoms with van der Waals surface area (Å²) in [5, 5.41) is 3.16. The Morgan fingerprint density at radius 2 is 1.63 bits per heavy atom. The number of rotatable bonds is 13. The number of hydrogen-bond donors (Lipinski definition) is 2. The predicted octanol–water partition coefficient (Wildman–Crippen LogP) is 8.02. The number of benzene rings is 4. The number of para-hydroxylation sites is 3. The van der Waals surface area contributed by atoms with Crippen LogP contribution in [0.1, 0.15) is 51.0 Å². The van der Waals surface area contributed by atoms with E-state index in [0.29, 0.717) is 24.4 Å². The highest BCUT2D eigenvalue weighted by molar-refractivity contribution is 6.31. The van der Waals surface area contributed by atoms with E-state index in [4.69, 9.17) is 17.3 Å². The van der Waals surface area contributed by atoms with Crippen molar-refractivity contribution >= 4 is 46.4 Å². The molecule has 7 nitrogen and oxygen atoms in total. The molecular formula is C40H42ClFN4O3. The number of unbranched alkanes of at least 4 members (excludes halogenated alkanes) is 1. The van der Waals surface area contributed by atoms with Gasteiger partial charge >= 0.3 is 0 Å². The zero-order chi connectivity index (χ0) is 34.5. The van der Waals surface area contributed by atoms with Crippen molar-refractivity contribution in [3.63, 3.8) is 0 Å². The van der Waals surface area contributed by atoms with Crippen LogP contribution in [-0.4, -0.2) is 30.3 Å². The number of carbonyl (C=O) groups is 3. The van der Waals surface area contributed by atoms with E-state index in [1.54, 1.807) is 17.0 Å². The minimum atomic E-state index is -0.916. The molecule has 4 aromatic carbocycles. The fourth-order valence-corrected chi connectivity index (χ4v) is 7.01. The lowest BCUT2D eigenvalue weighted by Crippen LogP contribution is -2.54. The molecule has 4 aromatic rings. The summed E-state index contributed by atoms with van der Waals surface area (Å²) in [6.45, 7) is 2.47. The Morgan fingerprint density at radius 3 is 2.33 bits per heavy atom. The first-order valence-corrected chi connectivity index (χ1v) is 17.5. The second-order valence-corrected chi connectivity index (χ2v) is 13.6. The zero-order valence-corrected chi connectivity index (χ0v) is 28.4. The lowest BCUT2D eigenvalue weighted by molar-refractivity contribution is -0.135. The van der Waals surface area contributed by atoms with Gasteiger partial charge in [-0.25, -0.2) is 4.39 Å². The Kier molecular flexibility index (Phi) is 10.6. The number of anilines is 3. The quantitative estimate of drug-likeness (QED) is 0.150. The van der Waals surface area contributed by atoms with Crippen molar-refractivity contribution in [1.82, 2.24) is 5.32 Å². The van der Waals surface area contributed by atoms with E-state index in [1.807, 2.05) is 85.8 Å². The van der Waals surface area contributed by atoms with Crippen LogP contribution >= 0.6 is 11.6 Å². The van der Waals surface area contributed by atoms with Gasteiger partial charge in [0.25, 0.3) is 5.91 Å². The summed E-state index contributed by atoms with van der Waals surface area (Å²) in [6, 6.07) is 28.9. The van der Waals surface area contributed by atoms with Gasteiger partial charge in [-0.1, -0.05) is 98.8 Å². The first-order chi connectivity index (χ1) is 23.7. The highest BCUT2D eigenvalue weighted by Gasteiger charge is 2.40. The van der Waals surface area contributed by atoms with Gasteiger partial charge in [-0.05, 0) is 77.9 Å². The number of fused-ring (bicyclic) bond motifs is 1. The first kappa shape index (κ1) is 34.2.